The smallest absolute Gasteiger partial charge is 0.130 e. The van der Waals surface area contributed by atoms with Gasteiger partial charge in [-0.1, -0.05) is 12.1 Å². The van der Waals surface area contributed by atoms with Crippen LogP contribution in [0.15, 0.2) is 36.4 Å². The average Bonchev–Trinajstić information content (AvgIpc) is 2.46. The van der Waals surface area contributed by atoms with Gasteiger partial charge < -0.3 is 10.6 Å². The van der Waals surface area contributed by atoms with E-state index in [2.05, 4.69) is 22.9 Å². The second kappa shape index (κ2) is 6.07. The molecule has 2 N–H and O–H groups in total. The Hall–Kier alpha value is -2.54. The van der Waals surface area contributed by atoms with Crippen LogP contribution in [-0.2, 0) is 6.54 Å². The van der Waals surface area contributed by atoms with Crippen molar-refractivity contribution in [3.63, 3.8) is 0 Å². The van der Waals surface area contributed by atoms with Crippen molar-refractivity contribution in [2.24, 2.45) is 0 Å². The van der Waals surface area contributed by atoms with Gasteiger partial charge in [-0.2, -0.15) is 5.26 Å². The Bertz CT molecular complexity index is 626. The number of pyridine rings is 1. The number of nitrogens with two attached hydrogens (primary N) is 1. The van der Waals surface area contributed by atoms with E-state index in [-0.39, 0.29) is 0 Å². The summed E-state index contributed by atoms with van der Waals surface area (Å²) in [4.78, 5) is 6.66. The van der Waals surface area contributed by atoms with E-state index < -0.39 is 0 Å². The van der Waals surface area contributed by atoms with Crippen LogP contribution < -0.4 is 10.6 Å². The number of anilines is 2. The lowest BCUT2D eigenvalue weighted by atomic mass is 10.2. The average molecular weight is 266 g/mol. The van der Waals surface area contributed by atoms with Crippen LogP contribution in [-0.4, -0.2) is 11.5 Å². The summed E-state index contributed by atoms with van der Waals surface area (Å²) in [5.74, 6) is 0.834. The van der Waals surface area contributed by atoms with E-state index in [1.807, 2.05) is 37.3 Å². The van der Waals surface area contributed by atoms with E-state index in [4.69, 9.17) is 11.0 Å². The van der Waals surface area contributed by atoms with Crippen LogP contribution in [0, 0.1) is 18.3 Å². The molecule has 0 atom stereocenters. The molecule has 0 amide bonds. The Morgan fingerprint density at radius 2 is 1.95 bits per heavy atom. The number of aromatic nitrogens is 1. The van der Waals surface area contributed by atoms with Crippen molar-refractivity contribution >= 4 is 11.5 Å². The highest BCUT2D eigenvalue weighted by molar-refractivity contribution is 5.48. The molecule has 0 radical (unpaired) electrons. The second-order valence-corrected chi connectivity index (χ2v) is 4.72. The third kappa shape index (κ3) is 3.27. The second-order valence-electron chi connectivity index (χ2n) is 4.72. The predicted molar refractivity (Wildman–Crippen MR) is 81.3 cm³/mol. The van der Waals surface area contributed by atoms with Gasteiger partial charge in [0.2, 0.25) is 0 Å². The molecule has 0 spiro atoms. The molecule has 4 heteroatoms. The van der Waals surface area contributed by atoms with E-state index in [0.29, 0.717) is 5.56 Å². The van der Waals surface area contributed by atoms with E-state index in [0.717, 1.165) is 30.3 Å². The number of hydrogen-bond donors (Lipinski definition) is 1. The minimum Gasteiger partial charge on any atom is -0.399 e. The highest BCUT2D eigenvalue weighted by Crippen LogP contribution is 2.18. The molecule has 20 heavy (non-hydrogen) atoms. The van der Waals surface area contributed by atoms with Gasteiger partial charge in [0.05, 0.1) is 11.6 Å². The van der Waals surface area contributed by atoms with Crippen molar-refractivity contribution in [3.8, 4) is 6.07 Å². The summed E-state index contributed by atoms with van der Waals surface area (Å²) in [7, 11) is 0. The quantitative estimate of drug-likeness (QED) is 0.864. The lowest BCUT2D eigenvalue weighted by Crippen LogP contribution is -2.23. The van der Waals surface area contributed by atoms with Crippen molar-refractivity contribution in [3.05, 3.63) is 53.2 Å². The zero-order chi connectivity index (χ0) is 14.5. The first kappa shape index (κ1) is 13.9. The maximum absolute atomic E-state index is 9.05. The van der Waals surface area contributed by atoms with Crippen molar-refractivity contribution in [2.45, 2.75) is 20.4 Å². The third-order valence-corrected chi connectivity index (χ3v) is 3.13. The van der Waals surface area contributed by atoms with Gasteiger partial charge in [0, 0.05) is 24.5 Å². The molecule has 0 bridgehead atoms. The van der Waals surface area contributed by atoms with Crippen molar-refractivity contribution < 1.29 is 0 Å². The maximum Gasteiger partial charge on any atom is 0.130 e. The van der Waals surface area contributed by atoms with Crippen LogP contribution in [0.1, 0.15) is 23.7 Å². The van der Waals surface area contributed by atoms with Crippen molar-refractivity contribution in [1.29, 1.82) is 5.26 Å². The first-order chi connectivity index (χ1) is 9.62. The zero-order valence-electron chi connectivity index (χ0n) is 11.8. The van der Waals surface area contributed by atoms with Gasteiger partial charge in [0.15, 0.2) is 0 Å². The largest absolute Gasteiger partial charge is 0.399 e. The van der Waals surface area contributed by atoms with Crippen LogP contribution in [0.4, 0.5) is 11.5 Å². The standard InChI is InChI=1S/C16H18N4/c1-3-20(11-13-4-6-15(18)7-5-13)16-9-14(10-17)8-12(2)19-16/h4-9H,3,11,18H2,1-2H3. The summed E-state index contributed by atoms with van der Waals surface area (Å²) in [6, 6.07) is 13.6. The third-order valence-electron chi connectivity index (χ3n) is 3.13. The van der Waals surface area contributed by atoms with Crippen LogP contribution in [0.25, 0.3) is 0 Å². The SMILES string of the molecule is CCN(Cc1ccc(N)cc1)c1cc(C#N)cc(C)n1. The first-order valence-corrected chi connectivity index (χ1v) is 6.60. The molecule has 1 aromatic heterocycles. The van der Waals surface area contributed by atoms with Gasteiger partial charge in [0.25, 0.3) is 0 Å². The van der Waals surface area contributed by atoms with Crippen LogP contribution in [0.2, 0.25) is 0 Å². The number of benzene rings is 1. The predicted octanol–water partition coefficient (Wildman–Crippen LogP) is 2.87. The summed E-state index contributed by atoms with van der Waals surface area (Å²) >= 11 is 0. The fraction of sp³-hybridized carbons (Fsp3) is 0.250. The van der Waals surface area contributed by atoms with Crippen LogP contribution in [0.5, 0.6) is 0 Å². The summed E-state index contributed by atoms with van der Waals surface area (Å²) in [6.07, 6.45) is 0. The number of rotatable bonds is 4. The molecule has 0 fully saturated rings. The van der Waals surface area contributed by atoms with Gasteiger partial charge in [-0.3, -0.25) is 0 Å². The van der Waals surface area contributed by atoms with Gasteiger partial charge >= 0.3 is 0 Å². The molecular formula is C16H18N4. The molecule has 4 nitrogen and oxygen atoms in total. The molecule has 1 aromatic carbocycles. The van der Waals surface area contributed by atoms with E-state index in [9.17, 15) is 0 Å². The van der Waals surface area contributed by atoms with Gasteiger partial charge in [-0.05, 0) is 43.7 Å². The molecule has 0 saturated heterocycles. The molecule has 0 aliphatic carbocycles. The highest BCUT2D eigenvalue weighted by atomic mass is 15.2. The minimum absolute atomic E-state index is 0.642. The lowest BCUT2D eigenvalue weighted by molar-refractivity contribution is 0.810. The number of nitrogen functional groups attached to an aromatic ring is 1. The highest BCUT2D eigenvalue weighted by Gasteiger charge is 2.09. The Balaban J connectivity index is 2.26. The Kier molecular flexibility index (Phi) is 4.21. The first-order valence-electron chi connectivity index (χ1n) is 6.60. The van der Waals surface area contributed by atoms with E-state index in [1.165, 1.54) is 5.56 Å². The number of nitrogens with zero attached hydrogens (tertiary/aromatic N) is 3. The molecule has 2 rings (SSSR count). The molecule has 1 heterocycles. The lowest BCUT2D eigenvalue weighted by Gasteiger charge is -2.22. The summed E-state index contributed by atoms with van der Waals surface area (Å²) < 4.78 is 0. The number of hydrogen-bond acceptors (Lipinski definition) is 4. The maximum atomic E-state index is 9.05. The van der Waals surface area contributed by atoms with Gasteiger partial charge in [0.1, 0.15) is 5.82 Å². The van der Waals surface area contributed by atoms with E-state index >= 15 is 0 Å². The number of aryl methyl sites for hydroxylation is 1. The fourth-order valence-electron chi connectivity index (χ4n) is 2.08. The molecule has 102 valence electrons. The summed E-state index contributed by atoms with van der Waals surface area (Å²) in [5.41, 5.74) is 9.13. The summed E-state index contributed by atoms with van der Waals surface area (Å²) in [6.45, 7) is 5.55. The van der Waals surface area contributed by atoms with Crippen LogP contribution in [0.3, 0.4) is 0 Å². The Morgan fingerprint density at radius 3 is 2.55 bits per heavy atom. The Morgan fingerprint density at radius 1 is 1.25 bits per heavy atom. The summed E-state index contributed by atoms with van der Waals surface area (Å²) in [5, 5.41) is 9.05. The number of nitriles is 1. The minimum atomic E-state index is 0.642. The molecule has 0 unspecified atom stereocenters. The topological polar surface area (TPSA) is 65.9 Å². The van der Waals surface area contributed by atoms with E-state index in [1.54, 1.807) is 6.07 Å². The fourth-order valence-corrected chi connectivity index (χ4v) is 2.08. The molecule has 0 aliphatic heterocycles. The van der Waals surface area contributed by atoms with Gasteiger partial charge in [-0.15, -0.1) is 0 Å². The monoisotopic (exact) mass is 266 g/mol. The molecule has 2 aromatic rings. The molecular weight excluding hydrogens is 248 g/mol. The van der Waals surface area contributed by atoms with Crippen molar-refractivity contribution in [2.75, 3.05) is 17.2 Å². The van der Waals surface area contributed by atoms with Gasteiger partial charge in [-0.25, -0.2) is 4.98 Å². The normalized spacial score (nSPS) is 10.1. The Labute approximate surface area is 119 Å². The van der Waals surface area contributed by atoms with Crippen molar-refractivity contribution in [1.82, 2.24) is 4.98 Å². The van der Waals surface area contributed by atoms with Crippen LogP contribution >= 0.6 is 0 Å². The molecule has 0 saturated carbocycles. The zero-order valence-corrected chi connectivity index (χ0v) is 11.8. The molecule has 0 aliphatic rings.